The predicted octanol–water partition coefficient (Wildman–Crippen LogP) is 3.33. The van der Waals surface area contributed by atoms with Gasteiger partial charge in [-0.1, -0.05) is 25.5 Å². The molecule has 0 unspecified atom stereocenters. The molecule has 0 bridgehead atoms. The van der Waals surface area contributed by atoms with E-state index in [9.17, 15) is 4.79 Å². The van der Waals surface area contributed by atoms with Crippen LogP contribution in [-0.4, -0.2) is 48.7 Å². The van der Waals surface area contributed by atoms with Crippen molar-refractivity contribution in [1.29, 1.82) is 0 Å². The number of morpholine rings is 1. The quantitative estimate of drug-likeness (QED) is 0.828. The van der Waals surface area contributed by atoms with Crippen molar-refractivity contribution in [3.05, 3.63) is 42.2 Å². The predicted molar refractivity (Wildman–Crippen MR) is 93.4 cm³/mol. The zero-order valence-electron chi connectivity index (χ0n) is 14.1. The van der Waals surface area contributed by atoms with E-state index < -0.39 is 0 Å². The van der Waals surface area contributed by atoms with Gasteiger partial charge in [0.1, 0.15) is 11.4 Å². The van der Waals surface area contributed by atoms with Crippen molar-refractivity contribution in [2.45, 2.75) is 19.8 Å². The van der Waals surface area contributed by atoms with E-state index in [1.54, 1.807) is 0 Å². The van der Waals surface area contributed by atoms with Gasteiger partial charge in [0.25, 0.3) is 5.91 Å². The van der Waals surface area contributed by atoms with Crippen molar-refractivity contribution in [3.8, 4) is 16.9 Å². The number of carbonyl (C=O) groups is 1. The number of rotatable bonds is 6. The van der Waals surface area contributed by atoms with Gasteiger partial charge in [-0.2, -0.15) is 0 Å². The molecule has 0 spiro atoms. The highest BCUT2D eigenvalue weighted by Crippen LogP contribution is 2.25. The molecular formula is C19H24N2O3. The van der Waals surface area contributed by atoms with Crippen LogP contribution in [0.2, 0.25) is 0 Å². The second-order valence-electron chi connectivity index (χ2n) is 5.94. The number of aromatic nitrogens is 1. The lowest BCUT2D eigenvalue weighted by atomic mass is 10.1. The Bertz CT molecular complexity index is 675. The normalized spacial score (nSPS) is 14.6. The first-order chi connectivity index (χ1) is 11.8. The molecule has 0 radical (unpaired) electrons. The van der Waals surface area contributed by atoms with E-state index in [2.05, 4.69) is 11.9 Å². The third-order valence-electron chi connectivity index (χ3n) is 4.15. The number of carbonyl (C=O) groups excluding carboxylic acids is 1. The van der Waals surface area contributed by atoms with Gasteiger partial charge in [-0.3, -0.25) is 4.79 Å². The Morgan fingerprint density at radius 1 is 1.25 bits per heavy atom. The van der Waals surface area contributed by atoms with Crippen LogP contribution in [0.5, 0.6) is 5.75 Å². The first kappa shape index (κ1) is 16.6. The summed E-state index contributed by atoms with van der Waals surface area (Å²) in [6.07, 6.45) is 4.04. The van der Waals surface area contributed by atoms with Gasteiger partial charge in [0.05, 0.1) is 19.8 Å². The third-order valence-corrected chi connectivity index (χ3v) is 4.15. The molecule has 1 saturated heterocycles. The molecular weight excluding hydrogens is 304 g/mol. The number of amides is 1. The van der Waals surface area contributed by atoms with Crippen LogP contribution < -0.4 is 4.74 Å². The summed E-state index contributed by atoms with van der Waals surface area (Å²) in [5, 5.41) is 0. The molecule has 1 aliphatic heterocycles. The molecule has 1 aromatic heterocycles. The maximum atomic E-state index is 12.5. The largest absolute Gasteiger partial charge is 0.494 e. The summed E-state index contributed by atoms with van der Waals surface area (Å²) in [6.45, 7) is 5.38. The minimum absolute atomic E-state index is 0.0277. The highest BCUT2D eigenvalue weighted by Gasteiger charge is 2.20. The third kappa shape index (κ3) is 3.97. The standard InChI is InChI=1S/C19H24N2O3/c1-2-3-9-24-17-6-4-5-15(12-17)16-13-18(20-14-16)19(22)21-7-10-23-11-8-21/h4-6,12-14,20H,2-3,7-11H2,1H3. The van der Waals surface area contributed by atoms with Gasteiger partial charge in [-0.25, -0.2) is 0 Å². The molecule has 128 valence electrons. The molecule has 1 aliphatic rings. The molecule has 24 heavy (non-hydrogen) atoms. The molecule has 1 aromatic carbocycles. The first-order valence-corrected chi connectivity index (χ1v) is 8.56. The van der Waals surface area contributed by atoms with Gasteiger partial charge in [0.15, 0.2) is 0 Å². The van der Waals surface area contributed by atoms with Crippen LogP contribution in [0.3, 0.4) is 0 Å². The second kappa shape index (κ2) is 8.02. The molecule has 2 heterocycles. The fraction of sp³-hybridized carbons (Fsp3) is 0.421. The number of aromatic amines is 1. The van der Waals surface area contributed by atoms with E-state index >= 15 is 0 Å². The van der Waals surface area contributed by atoms with E-state index in [0.29, 0.717) is 32.0 Å². The van der Waals surface area contributed by atoms with E-state index in [1.807, 2.05) is 41.4 Å². The summed E-state index contributed by atoms with van der Waals surface area (Å²) < 4.78 is 11.1. The Balaban J connectivity index is 1.70. The summed E-state index contributed by atoms with van der Waals surface area (Å²) in [5.74, 6) is 0.892. The Hall–Kier alpha value is -2.27. The van der Waals surface area contributed by atoms with Gasteiger partial charge >= 0.3 is 0 Å². The van der Waals surface area contributed by atoms with Crippen molar-refractivity contribution in [1.82, 2.24) is 9.88 Å². The monoisotopic (exact) mass is 328 g/mol. The van der Waals surface area contributed by atoms with Gasteiger partial charge in [-0.15, -0.1) is 0 Å². The number of nitrogens with zero attached hydrogens (tertiary/aromatic N) is 1. The highest BCUT2D eigenvalue weighted by atomic mass is 16.5. The summed E-state index contributed by atoms with van der Waals surface area (Å²) in [5.41, 5.74) is 2.65. The Labute approximate surface area is 142 Å². The van der Waals surface area contributed by atoms with Crippen molar-refractivity contribution >= 4 is 5.91 Å². The Morgan fingerprint density at radius 3 is 2.88 bits per heavy atom. The summed E-state index contributed by atoms with van der Waals surface area (Å²) >= 11 is 0. The molecule has 3 rings (SSSR count). The van der Waals surface area contributed by atoms with Crippen molar-refractivity contribution in [2.75, 3.05) is 32.9 Å². The number of H-pyrrole nitrogens is 1. The number of hydrogen-bond acceptors (Lipinski definition) is 3. The average molecular weight is 328 g/mol. The molecule has 0 aliphatic carbocycles. The summed E-state index contributed by atoms with van der Waals surface area (Å²) in [7, 11) is 0. The SMILES string of the molecule is CCCCOc1cccc(-c2c[nH]c(C(=O)N3CCOCC3)c2)c1. The maximum absolute atomic E-state index is 12.5. The number of nitrogens with one attached hydrogen (secondary N) is 1. The summed E-state index contributed by atoms with van der Waals surface area (Å²) in [6, 6.07) is 9.89. The van der Waals surface area contributed by atoms with Gasteiger partial charge < -0.3 is 19.4 Å². The van der Waals surface area contributed by atoms with Crippen LogP contribution in [0.4, 0.5) is 0 Å². The lowest BCUT2D eigenvalue weighted by Crippen LogP contribution is -2.40. The minimum Gasteiger partial charge on any atom is -0.494 e. The Kier molecular flexibility index (Phi) is 5.54. The molecule has 0 saturated carbocycles. The minimum atomic E-state index is 0.0277. The van der Waals surface area contributed by atoms with Crippen molar-refractivity contribution < 1.29 is 14.3 Å². The maximum Gasteiger partial charge on any atom is 0.270 e. The number of hydrogen-bond donors (Lipinski definition) is 1. The van der Waals surface area contributed by atoms with Crippen LogP contribution in [0, 0.1) is 0 Å². The molecule has 1 fully saturated rings. The molecule has 1 N–H and O–H groups in total. The van der Waals surface area contributed by atoms with Crippen LogP contribution in [0.25, 0.3) is 11.1 Å². The second-order valence-corrected chi connectivity index (χ2v) is 5.94. The van der Waals surface area contributed by atoms with Gasteiger partial charge in [0.2, 0.25) is 0 Å². The fourth-order valence-corrected chi connectivity index (χ4v) is 2.72. The van der Waals surface area contributed by atoms with E-state index in [1.165, 1.54) is 0 Å². The van der Waals surface area contributed by atoms with E-state index in [-0.39, 0.29) is 5.91 Å². The molecule has 0 atom stereocenters. The van der Waals surface area contributed by atoms with E-state index in [0.717, 1.165) is 36.3 Å². The Morgan fingerprint density at radius 2 is 2.08 bits per heavy atom. The molecule has 5 nitrogen and oxygen atoms in total. The average Bonchev–Trinajstić information content (AvgIpc) is 3.12. The summed E-state index contributed by atoms with van der Waals surface area (Å²) in [4.78, 5) is 17.4. The van der Waals surface area contributed by atoms with Crippen molar-refractivity contribution in [2.24, 2.45) is 0 Å². The molecule has 5 heteroatoms. The van der Waals surface area contributed by atoms with E-state index in [4.69, 9.17) is 9.47 Å². The van der Waals surface area contributed by atoms with Gasteiger partial charge in [0, 0.05) is 24.8 Å². The first-order valence-electron chi connectivity index (χ1n) is 8.56. The van der Waals surface area contributed by atoms with Crippen LogP contribution in [0.1, 0.15) is 30.3 Å². The van der Waals surface area contributed by atoms with Crippen LogP contribution in [0.15, 0.2) is 36.5 Å². The highest BCUT2D eigenvalue weighted by molar-refractivity contribution is 5.94. The number of benzene rings is 1. The zero-order chi connectivity index (χ0) is 16.8. The molecule has 1 amide bonds. The number of unbranched alkanes of at least 4 members (excludes halogenated alkanes) is 1. The topological polar surface area (TPSA) is 54.6 Å². The zero-order valence-corrected chi connectivity index (χ0v) is 14.1. The smallest absolute Gasteiger partial charge is 0.270 e. The number of ether oxygens (including phenoxy) is 2. The molecule has 2 aromatic rings. The van der Waals surface area contributed by atoms with Crippen LogP contribution in [-0.2, 0) is 4.74 Å². The van der Waals surface area contributed by atoms with Gasteiger partial charge in [-0.05, 0) is 30.2 Å². The van der Waals surface area contributed by atoms with Crippen LogP contribution >= 0.6 is 0 Å². The lowest BCUT2D eigenvalue weighted by Gasteiger charge is -2.26. The van der Waals surface area contributed by atoms with Crippen molar-refractivity contribution in [3.63, 3.8) is 0 Å². The fourth-order valence-electron chi connectivity index (χ4n) is 2.72. The lowest BCUT2D eigenvalue weighted by molar-refractivity contribution is 0.0299.